The first kappa shape index (κ1) is 21.2. The van der Waals surface area contributed by atoms with Gasteiger partial charge < -0.3 is 27.0 Å². The summed E-state index contributed by atoms with van der Waals surface area (Å²) in [6, 6.07) is 14.2. The number of amides is 3. The third-order valence-electron chi connectivity index (χ3n) is 5.34. The van der Waals surface area contributed by atoms with Gasteiger partial charge in [0.2, 0.25) is 11.9 Å². The van der Waals surface area contributed by atoms with E-state index < -0.39 is 5.91 Å². The molecule has 0 spiro atoms. The van der Waals surface area contributed by atoms with Gasteiger partial charge in [-0.1, -0.05) is 0 Å². The molecule has 11 nitrogen and oxygen atoms in total. The second-order valence-corrected chi connectivity index (χ2v) is 8.04. The molecule has 1 fully saturated rings. The van der Waals surface area contributed by atoms with Crippen LogP contribution in [-0.2, 0) is 7.05 Å². The Morgan fingerprint density at radius 3 is 2.26 bits per heavy atom. The van der Waals surface area contributed by atoms with Gasteiger partial charge in [-0.3, -0.25) is 9.48 Å². The Bertz CT molecular complexity index is 1360. The predicted octanol–water partition coefficient (Wildman–Crippen LogP) is 3.23. The molecular formula is C23H23N9O2. The molecule has 11 heteroatoms. The summed E-state index contributed by atoms with van der Waals surface area (Å²) >= 11 is 0. The van der Waals surface area contributed by atoms with E-state index in [1.165, 1.54) is 0 Å². The van der Waals surface area contributed by atoms with Gasteiger partial charge in [-0.05, 0) is 61.4 Å². The molecule has 2 heterocycles. The summed E-state index contributed by atoms with van der Waals surface area (Å²) in [7, 11) is 1.80. The van der Waals surface area contributed by atoms with Crippen molar-refractivity contribution in [2.75, 3.05) is 16.0 Å². The predicted molar refractivity (Wildman–Crippen MR) is 129 cm³/mol. The van der Waals surface area contributed by atoms with Crippen molar-refractivity contribution in [1.82, 2.24) is 25.1 Å². The fraction of sp³-hybridized carbons (Fsp3) is 0.174. The molecule has 0 bridgehead atoms. The molecule has 2 aromatic heterocycles. The highest BCUT2D eigenvalue weighted by Gasteiger charge is 2.23. The molecule has 0 unspecified atom stereocenters. The zero-order valence-corrected chi connectivity index (χ0v) is 18.4. The minimum atomic E-state index is -0.487. The standard InChI is InChI=1S/C23H23N9O2/c1-32-21-18(12-25-32)20(26-14-4-2-13(3-5-14)19(24)33)30-22(31-21)27-15-6-8-16(9-7-15)28-23(34)29-17-10-11-17/h2-9,12,17H,10-11H2,1H3,(H2,24,33)(H2,28,29,34)(H2,26,27,30,31). The molecule has 172 valence electrons. The molecule has 0 atom stereocenters. The van der Waals surface area contributed by atoms with E-state index in [1.807, 2.05) is 12.1 Å². The van der Waals surface area contributed by atoms with Gasteiger partial charge in [-0.15, -0.1) is 0 Å². The number of fused-ring (bicyclic) bond motifs is 1. The highest BCUT2D eigenvalue weighted by atomic mass is 16.2. The Labute approximate surface area is 194 Å². The Kier molecular flexibility index (Phi) is 5.42. The number of nitrogens with one attached hydrogen (secondary N) is 4. The van der Waals surface area contributed by atoms with Gasteiger partial charge in [0.1, 0.15) is 5.82 Å². The summed E-state index contributed by atoms with van der Waals surface area (Å²) in [4.78, 5) is 32.4. The zero-order valence-electron chi connectivity index (χ0n) is 18.4. The van der Waals surface area contributed by atoms with Gasteiger partial charge >= 0.3 is 6.03 Å². The van der Waals surface area contributed by atoms with Gasteiger partial charge in [-0.2, -0.15) is 15.1 Å². The lowest BCUT2D eigenvalue weighted by Crippen LogP contribution is -2.30. The smallest absolute Gasteiger partial charge is 0.319 e. The quantitative estimate of drug-likeness (QED) is 0.286. The minimum Gasteiger partial charge on any atom is -0.366 e. The summed E-state index contributed by atoms with van der Waals surface area (Å²) in [5.74, 6) is 0.446. The number of anilines is 5. The molecule has 2 aromatic carbocycles. The lowest BCUT2D eigenvalue weighted by molar-refractivity contribution is 0.100. The summed E-state index contributed by atoms with van der Waals surface area (Å²) in [6.45, 7) is 0. The maximum Gasteiger partial charge on any atom is 0.319 e. The average molecular weight is 457 g/mol. The molecule has 0 saturated heterocycles. The number of hydrogen-bond acceptors (Lipinski definition) is 7. The van der Waals surface area contributed by atoms with Gasteiger partial charge in [-0.25, -0.2) is 4.79 Å². The van der Waals surface area contributed by atoms with Crippen molar-refractivity contribution in [3.8, 4) is 0 Å². The van der Waals surface area contributed by atoms with Crippen LogP contribution in [0, 0.1) is 0 Å². The molecular weight excluding hydrogens is 434 g/mol. The third kappa shape index (κ3) is 4.72. The number of primary amides is 1. The number of aromatic nitrogens is 4. The monoisotopic (exact) mass is 457 g/mol. The van der Waals surface area contributed by atoms with E-state index in [1.54, 1.807) is 54.3 Å². The van der Waals surface area contributed by atoms with Gasteiger partial charge in [0.05, 0.1) is 11.6 Å². The van der Waals surface area contributed by atoms with E-state index in [4.69, 9.17) is 5.73 Å². The van der Waals surface area contributed by atoms with Gasteiger partial charge in [0.15, 0.2) is 5.65 Å². The zero-order chi connectivity index (χ0) is 23.7. The Morgan fingerprint density at radius 2 is 1.59 bits per heavy atom. The molecule has 4 aromatic rings. The molecule has 34 heavy (non-hydrogen) atoms. The van der Waals surface area contributed by atoms with Crippen molar-refractivity contribution >= 4 is 51.8 Å². The topological polar surface area (TPSA) is 152 Å². The molecule has 1 aliphatic carbocycles. The second-order valence-electron chi connectivity index (χ2n) is 8.04. The number of benzene rings is 2. The number of nitrogens with zero attached hydrogens (tertiary/aromatic N) is 4. The van der Waals surface area contributed by atoms with Crippen LogP contribution in [0.4, 0.5) is 33.6 Å². The largest absolute Gasteiger partial charge is 0.366 e. The summed E-state index contributed by atoms with van der Waals surface area (Å²) in [5, 5.41) is 17.2. The van der Waals surface area contributed by atoms with Crippen LogP contribution in [0.25, 0.3) is 11.0 Å². The van der Waals surface area contributed by atoms with Crippen LogP contribution in [0.2, 0.25) is 0 Å². The van der Waals surface area contributed by atoms with Gasteiger partial charge in [0.25, 0.3) is 0 Å². The van der Waals surface area contributed by atoms with E-state index in [2.05, 4.69) is 36.3 Å². The summed E-state index contributed by atoms with van der Waals surface area (Å²) in [6.07, 6.45) is 3.76. The van der Waals surface area contributed by atoms with E-state index in [0.29, 0.717) is 34.7 Å². The summed E-state index contributed by atoms with van der Waals surface area (Å²) < 4.78 is 1.66. The van der Waals surface area contributed by atoms with Crippen molar-refractivity contribution in [1.29, 1.82) is 0 Å². The average Bonchev–Trinajstić information content (AvgIpc) is 3.55. The van der Waals surface area contributed by atoms with Crippen LogP contribution in [0.15, 0.2) is 54.7 Å². The van der Waals surface area contributed by atoms with Crippen LogP contribution < -0.4 is 27.0 Å². The lowest BCUT2D eigenvalue weighted by Gasteiger charge is -2.11. The van der Waals surface area contributed by atoms with E-state index in [0.717, 1.165) is 29.6 Å². The number of nitrogens with two attached hydrogens (primary N) is 1. The minimum absolute atomic E-state index is 0.201. The number of hydrogen-bond donors (Lipinski definition) is 5. The molecule has 0 aliphatic heterocycles. The van der Waals surface area contributed by atoms with Crippen LogP contribution in [-0.4, -0.2) is 37.7 Å². The Balaban J connectivity index is 1.35. The number of carbonyl (C=O) groups excluding carboxylic acids is 2. The molecule has 1 saturated carbocycles. The van der Waals surface area contributed by atoms with E-state index in [9.17, 15) is 9.59 Å². The molecule has 6 N–H and O–H groups in total. The maximum atomic E-state index is 11.9. The normalized spacial score (nSPS) is 12.9. The molecule has 5 rings (SSSR count). The van der Waals surface area contributed by atoms with Crippen molar-refractivity contribution < 1.29 is 9.59 Å². The van der Waals surface area contributed by atoms with Gasteiger partial charge in [0, 0.05) is 35.7 Å². The van der Waals surface area contributed by atoms with Crippen molar-refractivity contribution in [3.05, 3.63) is 60.3 Å². The summed E-state index contributed by atoms with van der Waals surface area (Å²) in [5.41, 5.74) is 8.56. The molecule has 3 amide bonds. The van der Waals surface area contributed by atoms with Crippen molar-refractivity contribution in [2.24, 2.45) is 12.8 Å². The number of carbonyl (C=O) groups is 2. The first-order chi connectivity index (χ1) is 16.4. The SMILES string of the molecule is Cn1ncc2c(Nc3ccc(C(N)=O)cc3)nc(Nc3ccc(NC(=O)NC4CC4)cc3)nc21. The lowest BCUT2D eigenvalue weighted by atomic mass is 10.2. The maximum absolute atomic E-state index is 11.9. The fourth-order valence-electron chi connectivity index (χ4n) is 3.37. The van der Waals surface area contributed by atoms with Crippen LogP contribution >= 0.6 is 0 Å². The number of urea groups is 1. The first-order valence-electron chi connectivity index (χ1n) is 10.8. The second kappa shape index (κ2) is 8.70. The van der Waals surface area contributed by atoms with Crippen molar-refractivity contribution in [2.45, 2.75) is 18.9 Å². The number of aryl methyl sites for hydroxylation is 1. The molecule has 0 radical (unpaired) electrons. The van der Waals surface area contributed by atoms with Crippen LogP contribution in [0.5, 0.6) is 0 Å². The Morgan fingerprint density at radius 1 is 0.941 bits per heavy atom. The van der Waals surface area contributed by atoms with E-state index >= 15 is 0 Å². The molecule has 1 aliphatic rings. The first-order valence-corrected chi connectivity index (χ1v) is 10.8. The van der Waals surface area contributed by atoms with Crippen molar-refractivity contribution in [3.63, 3.8) is 0 Å². The Hall–Kier alpha value is -4.67. The fourth-order valence-corrected chi connectivity index (χ4v) is 3.37. The van der Waals surface area contributed by atoms with Crippen LogP contribution in [0.3, 0.4) is 0 Å². The van der Waals surface area contributed by atoms with Crippen LogP contribution in [0.1, 0.15) is 23.2 Å². The van der Waals surface area contributed by atoms with E-state index in [-0.39, 0.29) is 6.03 Å². The highest BCUT2D eigenvalue weighted by Crippen LogP contribution is 2.27. The number of rotatable bonds is 7. The highest BCUT2D eigenvalue weighted by molar-refractivity contribution is 5.94. The third-order valence-corrected chi connectivity index (χ3v) is 5.34.